The zero-order chi connectivity index (χ0) is 22.6. The molecule has 8 nitrogen and oxygen atoms in total. The Bertz CT molecular complexity index is 1060. The van der Waals surface area contributed by atoms with Crippen LogP contribution in [0.3, 0.4) is 0 Å². The molecule has 0 aromatic heterocycles. The van der Waals surface area contributed by atoms with Gasteiger partial charge in [0, 0.05) is 30.9 Å². The maximum absolute atomic E-state index is 12.5. The number of hydrogen-bond acceptors (Lipinski definition) is 7. The van der Waals surface area contributed by atoms with Gasteiger partial charge in [-0.05, 0) is 48.4 Å². The predicted molar refractivity (Wildman–Crippen MR) is 113 cm³/mol. The van der Waals surface area contributed by atoms with Gasteiger partial charge < -0.3 is 14.6 Å². The van der Waals surface area contributed by atoms with Crippen LogP contribution in [-0.4, -0.2) is 69.9 Å². The van der Waals surface area contributed by atoms with Gasteiger partial charge >= 0.3 is 5.97 Å². The van der Waals surface area contributed by atoms with Crippen molar-refractivity contribution in [3.8, 4) is 23.7 Å². The first-order valence-electron chi connectivity index (χ1n) is 9.58. The molecule has 1 saturated carbocycles. The lowest BCUT2D eigenvalue weighted by molar-refractivity contribution is -0.150. The van der Waals surface area contributed by atoms with Gasteiger partial charge in [-0.3, -0.25) is 9.69 Å². The van der Waals surface area contributed by atoms with Gasteiger partial charge in [-0.2, -0.15) is 0 Å². The number of carbonyl (C=O) groups is 2. The number of rotatable bonds is 7. The van der Waals surface area contributed by atoms with Crippen molar-refractivity contribution in [3.05, 3.63) is 29.8 Å². The first-order chi connectivity index (χ1) is 14.8. The van der Waals surface area contributed by atoms with E-state index in [1.807, 2.05) is 0 Å². The Morgan fingerprint density at radius 2 is 1.97 bits per heavy atom. The lowest BCUT2D eigenvalue weighted by atomic mass is 9.95. The first-order valence-corrected chi connectivity index (χ1v) is 11.4. The number of aliphatic hydroxyl groups is 1. The Morgan fingerprint density at radius 3 is 2.45 bits per heavy atom. The number of anilines is 1. The Morgan fingerprint density at radius 1 is 1.29 bits per heavy atom. The van der Waals surface area contributed by atoms with Crippen LogP contribution in [0.1, 0.15) is 12.0 Å². The monoisotopic (exact) mass is 445 g/mol. The minimum Gasteiger partial charge on any atom is -0.467 e. The average Bonchev–Trinajstić information content (AvgIpc) is 3.51. The molecule has 164 valence electrons. The van der Waals surface area contributed by atoms with Crippen molar-refractivity contribution in [2.24, 2.45) is 11.8 Å². The van der Waals surface area contributed by atoms with Gasteiger partial charge in [0.05, 0.1) is 18.6 Å². The van der Waals surface area contributed by atoms with Crippen molar-refractivity contribution in [1.82, 2.24) is 0 Å². The molecule has 1 aromatic rings. The molecule has 1 N–H and O–H groups in total. The summed E-state index contributed by atoms with van der Waals surface area (Å²) in [5, 5.41) is 9.00. The van der Waals surface area contributed by atoms with Crippen molar-refractivity contribution < 1.29 is 32.6 Å². The number of sulfone groups is 1. The number of amides is 1. The normalized spacial score (nSPS) is 22.9. The molecule has 9 heteroatoms. The minimum atomic E-state index is -3.36. The van der Waals surface area contributed by atoms with E-state index in [-0.39, 0.29) is 29.9 Å². The molecule has 0 bridgehead atoms. The SMILES string of the molecule is COC(=O)C(N(C=O)c1ccc(C#CC#C[C@@H]2C[C@H]2CO)cc1)C1(OC)CS(=O)(=O)C1. The molecule has 1 aromatic carbocycles. The quantitative estimate of drug-likeness (QED) is 0.357. The summed E-state index contributed by atoms with van der Waals surface area (Å²) in [5.74, 6) is 10.3. The molecule has 3 atom stereocenters. The Hall–Kier alpha value is -2.85. The van der Waals surface area contributed by atoms with Crippen molar-refractivity contribution in [1.29, 1.82) is 0 Å². The van der Waals surface area contributed by atoms with E-state index in [9.17, 15) is 18.0 Å². The molecule has 1 heterocycles. The molecule has 1 unspecified atom stereocenters. The molecule has 3 rings (SSSR count). The van der Waals surface area contributed by atoms with Gasteiger partial charge in [0.1, 0.15) is 5.60 Å². The van der Waals surface area contributed by atoms with Crippen LogP contribution in [-0.2, 0) is 28.9 Å². The molecule has 2 fully saturated rings. The third-order valence-corrected chi connectivity index (χ3v) is 7.36. The van der Waals surface area contributed by atoms with Crippen LogP contribution in [0.15, 0.2) is 24.3 Å². The molecule has 1 amide bonds. The summed E-state index contributed by atoms with van der Waals surface area (Å²) in [4.78, 5) is 25.5. The summed E-state index contributed by atoms with van der Waals surface area (Å²) in [6.07, 6.45) is 1.35. The smallest absolute Gasteiger partial charge is 0.332 e. The van der Waals surface area contributed by atoms with E-state index >= 15 is 0 Å². The number of benzene rings is 1. The molecule has 1 aliphatic heterocycles. The number of esters is 1. The van der Waals surface area contributed by atoms with Gasteiger partial charge in [-0.25, -0.2) is 13.2 Å². The fourth-order valence-electron chi connectivity index (χ4n) is 3.63. The number of aliphatic hydroxyl groups excluding tert-OH is 1. The van der Waals surface area contributed by atoms with Crippen LogP contribution in [0.4, 0.5) is 5.69 Å². The maximum Gasteiger partial charge on any atom is 0.332 e. The second-order valence-corrected chi connectivity index (χ2v) is 9.66. The molecular weight excluding hydrogens is 422 g/mol. The standard InChI is InChI=1S/C22H23NO7S/c1-29-21(26)20(22(30-2)13-31(27,28)14-22)23(15-25)19-9-7-16(8-10-19)5-3-4-6-17-11-18(17)12-24/h7-10,15,17-18,20,24H,11-14H2,1-2H3/t17-,18+,20?/m1/s1. The van der Waals surface area contributed by atoms with E-state index in [2.05, 4.69) is 23.7 Å². The second-order valence-electron chi connectivity index (χ2n) is 7.59. The zero-order valence-corrected chi connectivity index (χ0v) is 18.0. The van der Waals surface area contributed by atoms with Gasteiger partial charge in [0.25, 0.3) is 0 Å². The summed E-state index contributed by atoms with van der Waals surface area (Å²) in [5.41, 5.74) is -0.358. The van der Waals surface area contributed by atoms with Gasteiger partial charge in [0.15, 0.2) is 15.9 Å². The van der Waals surface area contributed by atoms with Gasteiger partial charge in [-0.15, -0.1) is 0 Å². The summed E-state index contributed by atoms with van der Waals surface area (Å²) in [6, 6.07) is 5.27. The molecule has 1 aliphatic carbocycles. The molecule has 31 heavy (non-hydrogen) atoms. The van der Waals surface area contributed by atoms with Gasteiger partial charge in [0.2, 0.25) is 6.41 Å². The Balaban J connectivity index is 1.80. The zero-order valence-electron chi connectivity index (χ0n) is 17.2. The minimum absolute atomic E-state index is 0.143. The van der Waals surface area contributed by atoms with E-state index in [4.69, 9.17) is 14.6 Å². The van der Waals surface area contributed by atoms with E-state index in [0.717, 1.165) is 11.3 Å². The molecule has 0 radical (unpaired) electrons. The second kappa shape index (κ2) is 9.11. The Kier molecular flexibility index (Phi) is 6.71. The van der Waals surface area contributed by atoms with Crippen LogP contribution in [0, 0.1) is 35.5 Å². The molecule has 1 saturated heterocycles. The lowest BCUT2D eigenvalue weighted by Crippen LogP contribution is -2.70. The topological polar surface area (TPSA) is 110 Å². The summed E-state index contributed by atoms with van der Waals surface area (Å²) >= 11 is 0. The van der Waals surface area contributed by atoms with Crippen LogP contribution < -0.4 is 4.90 Å². The summed E-state index contributed by atoms with van der Waals surface area (Å²) in [7, 11) is -0.890. The number of carbonyl (C=O) groups excluding carboxylic acids is 2. The van der Waals surface area contributed by atoms with Crippen LogP contribution >= 0.6 is 0 Å². The molecule has 2 aliphatic rings. The van der Waals surface area contributed by atoms with Crippen molar-refractivity contribution in [2.45, 2.75) is 18.1 Å². The molecular formula is C22H23NO7S. The fourth-order valence-corrected chi connectivity index (χ4v) is 5.58. The van der Waals surface area contributed by atoms with Crippen molar-refractivity contribution >= 4 is 27.9 Å². The highest BCUT2D eigenvalue weighted by atomic mass is 32.2. The third kappa shape index (κ3) is 4.91. The third-order valence-electron chi connectivity index (χ3n) is 5.50. The van der Waals surface area contributed by atoms with Gasteiger partial charge in [-0.1, -0.05) is 11.8 Å². The first kappa shape index (κ1) is 22.8. The fraction of sp³-hybridized carbons (Fsp3) is 0.455. The number of methoxy groups -OCH3 is 2. The van der Waals surface area contributed by atoms with Crippen molar-refractivity contribution in [3.63, 3.8) is 0 Å². The number of ether oxygens (including phenoxy) is 2. The lowest BCUT2D eigenvalue weighted by Gasteiger charge is -2.46. The van der Waals surface area contributed by atoms with E-state index in [1.54, 1.807) is 24.3 Å². The van der Waals surface area contributed by atoms with Crippen LogP contribution in [0.5, 0.6) is 0 Å². The highest BCUT2D eigenvalue weighted by molar-refractivity contribution is 7.93. The Labute approximate surface area is 181 Å². The maximum atomic E-state index is 12.5. The highest BCUT2D eigenvalue weighted by Gasteiger charge is 2.59. The van der Waals surface area contributed by atoms with E-state index in [1.165, 1.54) is 14.2 Å². The van der Waals surface area contributed by atoms with Crippen molar-refractivity contribution in [2.75, 3.05) is 37.2 Å². The average molecular weight is 445 g/mol. The predicted octanol–water partition coefficient (Wildman–Crippen LogP) is -0.0121. The number of nitrogens with zero attached hydrogens (tertiary/aromatic N) is 1. The largest absolute Gasteiger partial charge is 0.467 e. The van der Waals surface area contributed by atoms with E-state index < -0.39 is 27.4 Å². The summed E-state index contributed by atoms with van der Waals surface area (Å²) in [6.45, 7) is 0.143. The summed E-state index contributed by atoms with van der Waals surface area (Å²) < 4.78 is 33.8. The van der Waals surface area contributed by atoms with Crippen LogP contribution in [0.2, 0.25) is 0 Å². The van der Waals surface area contributed by atoms with E-state index in [0.29, 0.717) is 17.7 Å². The highest BCUT2D eigenvalue weighted by Crippen LogP contribution is 2.37. The molecule has 0 spiro atoms. The van der Waals surface area contributed by atoms with Crippen LogP contribution in [0.25, 0.3) is 0 Å². The number of hydrogen-bond donors (Lipinski definition) is 1.